The van der Waals surface area contributed by atoms with Crippen LogP contribution >= 0.6 is 15.9 Å². The van der Waals surface area contributed by atoms with Crippen LogP contribution in [0.25, 0.3) is 5.82 Å². The summed E-state index contributed by atoms with van der Waals surface area (Å²) in [5, 5.41) is 28.2. The van der Waals surface area contributed by atoms with Gasteiger partial charge in [-0.3, -0.25) is 4.79 Å². The monoisotopic (exact) mass is 406 g/mol. The number of carbonyl (C=O) groups is 1. The Morgan fingerprint density at radius 2 is 2.28 bits per heavy atom. The van der Waals surface area contributed by atoms with Crippen LogP contribution in [0.3, 0.4) is 0 Å². The van der Waals surface area contributed by atoms with Crippen molar-refractivity contribution in [3.63, 3.8) is 0 Å². The number of benzene rings is 1. The highest BCUT2D eigenvalue weighted by Crippen LogP contribution is 2.20. The molecule has 128 valence electrons. The zero-order chi connectivity index (χ0) is 18.0. The zero-order valence-corrected chi connectivity index (χ0v) is 14.3. The van der Waals surface area contributed by atoms with E-state index < -0.39 is 5.91 Å². The van der Waals surface area contributed by atoms with E-state index in [0.717, 1.165) is 9.15 Å². The Hall–Kier alpha value is -3.28. The highest BCUT2D eigenvalue weighted by molar-refractivity contribution is 9.10. The maximum Gasteiger partial charge on any atom is 0.292 e. The van der Waals surface area contributed by atoms with Crippen LogP contribution in [-0.2, 0) is 0 Å². The van der Waals surface area contributed by atoms with Crippen molar-refractivity contribution in [2.24, 2.45) is 5.10 Å². The largest absolute Gasteiger partial charge is 0.507 e. The summed E-state index contributed by atoms with van der Waals surface area (Å²) < 4.78 is 6.35. The first-order chi connectivity index (χ1) is 12.0. The number of nitrogens with one attached hydrogen (secondary N) is 1. The van der Waals surface area contributed by atoms with Crippen molar-refractivity contribution in [3.8, 4) is 11.6 Å². The molecule has 0 atom stereocenters. The van der Waals surface area contributed by atoms with Gasteiger partial charge >= 0.3 is 0 Å². The average Bonchev–Trinajstić information content (AvgIpc) is 3.16. The van der Waals surface area contributed by atoms with Gasteiger partial charge in [-0.25, -0.2) is 10.1 Å². The fraction of sp³-hybridized carbons (Fsp3) is 0.0769. The number of nitrogen functional groups attached to an aromatic ring is 1. The number of phenolic OH excluding ortho intramolecular Hbond substituents is 1. The van der Waals surface area contributed by atoms with Gasteiger partial charge in [-0.2, -0.15) is 9.78 Å². The second-order valence-electron chi connectivity index (χ2n) is 4.81. The van der Waals surface area contributed by atoms with E-state index in [2.05, 4.69) is 51.7 Å². The van der Waals surface area contributed by atoms with Gasteiger partial charge in [-0.15, -0.1) is 5.10 Å². The molecule has 0 aliphatic heterocycles. The topological polar surface area (TPSA) is 157 Å². The molecule has 0 spiro atoms. The number of hydrogen-bond donors (Lipinski definition) is 3. The summed E-state index contributed by atoms with van der Waals surface area (Å²) >= 11 is 3.28. The molecule has 0 aliphatic rings. The molecule has 2 heterocycles. The summed E-state index contributed by atoms with van der Waals surface area (Å²) in [5.41, 5.74) is 8.76. The summed E-state index contributed by atoms with van der Waals surface area (Å²) in [6.07, 6.45) is 1.30. The SMILES string of the molecule is Cc1nnn(-c2nonc2N)c1C(=O)N/N=C/c1cc(Br)ccc1O. The van der Waals surface area contributed by atoms with Gasteiger partial charge in [-0.05, 0) is 35.4 Å². The van der Waals surface area contributed by atoms with E-state index in [1.807, 2.05) is 0 Å². The molecule has 11 nitrogen and oxygen atoms in total. The summed E-state index contributed by atoms with van der Waals surface area (Å²) in [4.78, 5) is 12.4. The molecule has 0 radical (unpaired) electrons. The summed E-state index contributed by atoms with van der Waals surface area (Å²) in [6, 6.07) is 4.82. The lowest BCUT2D eigenvalue weighted by Crippen LogP contribution is -2.22. The third kappa shape index (κ3) is 3.33. The van der Waals surface area contributed by atoms with Gasteiger partial charge in [0.2, 0.25) is 11.6 Å². The van der Waals surface area contributed by atoms with E-state index >= 15 is 0 Å². The second-order valence-corrected chi connectivity index (χ2v) is 5.73. The molecule has 4 N–H and O–H groups in total. The smallest absolute Gasteiger partial charge is 0.292 e. The van der Waals surface area contributed by atoms with E-state index in [1.54, 1.807) is 19.1 Å². The van der Waals surface area contributed by atoms with Crippen LogP contribution in [0.4, 0.5) is 5.82 Å². The lowest BCUT2D eigenvalue weighted by molar-refractivity contribution is 0.0946. The first kappa shape index (κ1) is 16.6. The molecular weight excluding hydrogens is 396 g/mol. The van der Waals surface area contributed by atoms with Gasteiger partial charge < -0.3 is 10.8 Å². The highest BCUT2D eigenvalue weighted by Gasteiger charge is 2.22. The quantitative estimate of drug-likeness (QED) is 0.423. The minimum absolute atomic E-state index is 0.0190. The molecule has 0 fully saturated rings. The van der Waals surface area contributed by atoms with Crippen molar-refractivity contribution in [1.29, 1.82) is 0 Å². The van der Waals surface area contributed by atoms with Crippen molar-refractivity contribution in [2.45, 2.75) is 6.92 Å². The van der Waals surface area contributed by atoms with Crippen molar-refractivity contribution in [2.75, 3.05) is 5.73 Å². The Morgan fingerprint density at radius 3 is 3.00 bits per heavy atom. The summed E-state index contributed by atoms with van der Waals surface area (Å²) in [6.45, 7) is 1.59. The molecule has 0 saturated carbocycles. The van der Waals surface area contributed by atoms with E-state index in [4.69, 9.17) is 5.73 Å². The number of phenols is 1. The number of hydrogen-bond acceptors (Lipinski definition) is 9. The van der Waals surface area contributed by atoms with Crippen molar-refractivity contribution >= 4 is 33.9 Å². The molecule has 2 aromatic heterocycles. The highest BCUT2D eigenvalue weighted by atomic mass is 79.9. The Kier molecular flexibility index (Phi) is 4.43. The minimum atomic E-state index is -0.601. The lowest BCUT2D eigenvalue weighted by Gasteiger charge is -2.03. The van der Waals surface area contributed by atoms with E-state index in [1.165, 1.54) is 12.3 Å². The molecule has 3 aromatic rings. The fourth-order valence-corrected chi connectivity index (χ4v) is 2.32. The Morgan fingerprint density at radius 1 is 1.48 bits per heavy atom. The predicted octanol–water partition coefficient (Wildman–Crippen LogP) is 0.773. The predicted molar refractivity (Wildman–Crippen MR) is 89.2 cm³/mol. The molecule has 0 saturated heterocycles. The van der Waals surface area contributed by atoms with Gasteiger partial charge in [0.1, 0.15) is 5.75 Å². The molecule has 0 aliphatic carbocycles. The number of hydrazone groups is 1. The maximum atomic E-state index is 12.4. The maximum absolute atomic E-state index is 12.4. The number of anilines is 1. The average molecular weight is 407 g/mol. The van der Waals surface area contributed by atoms with E-state index in [0.29, 0.717) is 11.3 Å². The van der Waals surface area contributed by atoms with Crippen LogP contribution in [-0.4, -0.2) is 42.5 Å². The molecule has 0 unspecified atom stereocenters. The van der Waals surface area contributed by atoms with Crippen LogP contribution in [0.2, 0.25) is 0 Å². The zero-order valence-electron chi connectivity index (χ0n) is 12.7. The number of halogens is 1. The number of rotatable bonds is 4. The van der Waals surface area contributed by atoms with Gasteiger partial charge in [0, 0.05) is 10.0 Å². The first-order valence-electron chi connectivity index (χ1n) is 6.80. The van der Waals surface area contributed by atoms with Crippen LogP contribution < -0.4 is 11.2 Å². The van der Waals surface area contributed by atoms with E-state index in [-0.39, 0.29) is 23.1 Å². The number of aromatic hydroxyl groups is 1. The molecule has 25 heavy (non-hydrogen) atoms. The number of aromatic nitrogens is 5. The number of aryl methyl sites for hydroxylation is 1. The fourth-order valence-electron chi connectivity index (χ4n) is 1.95. The molecule has 3 rings (SSSR count). The van der Waals surface area contributed by atoms with Gasteiger partial charge in [0.25, 0.3) is 5.91 Å². The number of nitrogens with zero attached hydrogens (tertiary/aromatic N) is 6. The Labute approximate surface area is 148 Å². The van der Waals surface area contributed by atoms with Crippen molar-refractivity contribution in [3.05, 3.63) is 39.6 Å². The van der Waals surface area contributed by atoms with Gasteiger partial charge in [0.05, 0.1) is 11.9 Å². The van der Waals surface area contributed by atoms with Gasteiger partial charge in [-0.1, -0.05) is 21.1 Å². The number of nitrogens with two attached hydrogens (primary N) is 1. The van der Waals surface area contributed by atoms with E-state index in [9.17, 15) is 9.90 Å². The third-order valence-electron chi connectivity index (χ3n) is 3.11. The first-order valence-corrected chi connectivity index (χ1v) is 7.59. The van der Waals surface area contributed by atoms with Crippen LogP contribution in [0.1, 0.15) is 21.7 Å². The third-order valence-corrected chi connectivity index (χ3v) is 3.60. The Balaban J connectivity index is 1.83. The second kappa shape index (κ2) is 6.68. The Bertz CT molecular complexity index is 964. The van der Waals surface area contributed by atoms with Crippen molar-refractivity contribution in [1.82, 2.24) is 30.7 Å². The summed E-state index contributed by atoms with van der Waals surface area (Å²) in [7, 11) is 0. The standard InChI is InChI=1S/C13H11BrN8O3/c1-6-10(22(21-17-6)12-11(15)19-25-20-12)13(24)18-16-5-7-4-8(14)2-3-9(7)23/h2-5,23H,1H3,(H2,15,19)(H,18,24)/b16-5+. The van der Waals surface area contributed by atoms with Crippen LogP contribution in [0.5, 0.6) is 5.75 Å². The molecular formula is C13H11BrN8O3. The minimum Gasteiger partial charge on any atom is -0.507 e. The van der Waals surface area contributed by atoms with Crippen LogP contribution in [0, 0.1) is 6.92 Å². The molecule has 1 amide bonds. The summed E-state index contributed by atoms with van der Waals surface area (Å²) in [5.74, 6) is -0.581. The molecule has 1 aromatic carbocycles. The van der Waals surface area contributed by atoms with Gasteiger partial charge in [0.15, 0.2) is 5.69 Å². The number of amides is 1. The number of carbonyl (C=O) groups excluding carboxylic acids is 1. The normalized spacial score (nSPS) is 11.1. The lowest BCUT2D eigenvalue weighted by atomic mass is 10.2. The van der Waals surface area contributed by atoms with Crippen molar-refractivity contribution < 1.29 is 14.5 Å². The molecule has 12 heteroatoms. The molecule has 0 bridgehead atoms. The van der Waals surface area contributed by atoms with Crippen LogP contribution in [0.15, 0.2) is 32.4 Å².